The second-order valence-corrected chi connectivity index (χ2v) is 8.33. The summed E-state index contributed by atoms with van der Waals surface area (Å²) >= 11 is 0. The maximum absolute atomic E-state index is 15.0. The van der Waals surface area contributed by atoms with Crippen LogP contribution in [0.3, 0.4) is 0 Å². The maximum Gasteiger partial charge on any atom is 0.255 e. The van der Waals surface area contributed by atoms with E-state index in [1.807, 2.05) is 0 Å². The van der Waals surface area contributed by atoms with Crippen molar-refractivity contribution in [3.05, 3.63) is 65.5 Å². The van der Waals surface area contributed by atoms with E-state index in [4.69, 9.17) is 10.8 Å². The number of aliphatic hydroxyl groups excluding tert-OH is 1. The number of aryl methyl sites for hydroxylation is 1. The molecule has 3 aromatic rings. The van der Waals surface area contributed by atoms with Crippen molar-refractivity contribution in [2.24, 2.45) is 12.8 Å². The van der Waals surface area contributed by atoms with Gasteiger partial charge in [-0.2, -0.15) is 5.10 Å². The van der Waals surface area contributed by atoms with Crippen LogP contribution in [0.2, 0.25) is 0 Å². The Bertz CT molecular complexity index is 1220. The van der Waals surface area contributed by atoms with Gasteiger partial charge >= 0.3 is 0 Å². The summed E-state index contributed by atoms with van der Waals surface area (Å²) in [6, 6.07) is 5.64. The first kappa shape index (κ1) is 26.7. The van der Waals surface area contributed by atoms with Crippen LogP contribution in [-0.4, -0.2) is 63.5 Å². The molecule has 0 unspecified atom stereocenters. The number of halogens is 2. The number of nitrogens with two attached hydrogens (primary N) is 1. The van der Waals surface area contributed by atoms with Gasteiger partial charge in [0.2, 0.25) is 5.91 Å². The summed E-state index contributed by atoms with van der Waals surface area (Å²) in [7, 11) is 1.69. The number of carbonyl (C=O) groups excluding carboxylic acids is 2. The molecule has 2 aromatic heterocycles. The van der Waals surface area contributed by atoms with Crippen LogP contribution in [0, 0.1) is 11.6 Å². The third-order valence-electron chi connectivity index (χ3n) is 5.29. The maximum atomic E-state index is 15.0. The summed E-state index contributed by atoms with van der Waals surface area (Å²) in [5.41, 5.74) is 6.64. The second-order valence-electron chi connectivity index (χ2n) is 8.33. The molecule has 3 rings (SSSR count). The van der Waals surface area contributed by atoms with Crippen LogP contribution in [0.15, 0.2) is 42.7 Å². The smallest absolute Gasteiger partial charge is 0.255 e. The predicted octanol–water partition coefficient (Wildman–Crippen LogP) is 0.969. The highest BCUT2D eigenvalue weighted by molar-refractivity contribution is 5.99. The molecular formula is C24H29F2N7O3. The van der Waals surface area contributed by atoms with Gasteiger partial charge in [0, 0.05) is 37.9 Å². The van der Waals surface area contributed by atoms with Crippen molar-refractivity contribution >= 4 is 17.6 Å². The number of amides is 2. The summed E-state index contributed by atoms with van der Waals surface area (Å²) in [4.78, 5) is 29.1. The van der Waals surface area contributed by atoms with Crippen LogP contribution in [0.5, 0.6) is 0 Å². The third-order valence-corrected chi connectivity index (χ3v) is 5.29. The van der Waals surface area contributed by atoms with Gasteiger partial charge < -0.3 is 26.8 Å². The van der Waals surface area contributed by atoms with Gasteiger partial charge in [0.1, 0.15) is 23.4 Å². The van der Waals surface area contributed by atoms with Gasteiger partial charge in [-0.3, -0.25) is 14.3 Å². The number of nitrogens with zero attached hydrogens (tertiary/aromatic N) is 3. The summed E-state index contributed by atoms with van der Waals surface area (Å²) in [6.45, 7) is 1.46. The largest absolute Gasteiger partial charge is 0.394 e. The summed E-state index contributed by atoms with van der Waals surface area (Å²) in [6.07, 6.45) is 3.50. The summed E-state index contributed by atoms with van der Waals surface area (Å²) in [5.74, 6) is -2.10. The Labute approximate surface area is 206 Å². The molecule has 0 radical (unpaired) electrons. The normalized spacial score (nSPS) is 12.6. The molecule has 2 amide bonds. The van der Waals surface area contributed by atoms with Gasteiger partial charge in [-0.1, -0.05) is 12.1 Å². The number of hydrogen-bond donors (Lipinski definition) is 5. The molecule has 0 aliphatic rings. The average Bonchev–Trinajstić information content (AvgIpc) is 3.28. The fraction of sp³-hybridized carbons (Fsp3) is 0.333. The zero-order valence-corrected chi connectivity index (χ0v) is 20.0. The van der Waals surface area contributed by atoms with E-state index in [9.17, 15) is 18.4 Å². The lowest BCUT2D eigenvalue weighted by atomic mass is 10.1. The van der Waals surface area contributed by atoms with E-state index in [0.717, 1.165) is 11.6 Å². The number of hydrogen-bond acceptors (Lipinski definition) is 7. The first-order chi connectivity index (χ1) is 17.2. The van der Waals surface area contributed by atoms with Crippen molar-refractivity contribution < 1.29 is 23.5 Å². The van der Waals surface area contributed by atoms with E-state index in [0.29, 0.717) is 18.5 Å². The van der Waals surface area contributed by atoms with Crippen LogP contribution in [-0.2, 0) is 18.3 Å². The molecule has 12 heteroatoms. The lowest BCUT2D eigenvalue weighted by Crippen LogP contribution is -2.49. The molecule has 10 nitrogen and oxygen atoms in total. The van der Waals surface area contributed by atoms with Crippen molar-refractivity contribution in [3.8, 4) is 11.3 Å². The number of pyridine rings is 1. The minimum atomic E-state index is -1.07. The number of nitrogens with one attached hydrogen (secondary N) is 3. The fourth-order valence-electron chi connectivity index (χ4n) is 3.39. The van der Waals surface area contributed by atoms with Crippen molar-refractivity contribution in [3.63, 3.8) is 0 Å². The van der Waals surface area contributed by atoms with Crippen molar-refractivity contribution in [2.45, 2.75) is 25.4 Å². The van der Waals surface area contributed by atoms with Gasteiger partial charge in [-0.05, 0) is 37.1 Å². The lowest BCUT2D eigenvalue weighted by molar-refractivity contribution is -0.123. The Balaban J connectivity index is 1.77. The van der Waals surface area contributed by atoms with Gasteiger partial charge in [0.25, 0.3) is 5.91 Å². The zero-order valence-electron chi connectivity index (χ0n) is 20.0. The Kier molecular flexibility index (Phi) is 9.03. The number of aromatic nitrogens is 3. The van der Waals surface area contributed by atoms with Gasteiger partial charge in [0.15, 0.2) is 5.82 Å². The highest BCUT2D eigenvalue weighted by Gasteiger charge is 2.21. The Morgan fingerprint density at radius 3 is 2.69 bits per heavy atom. The third kappa shape index (κ3) is 7.06. The highest BCUT2D eigenvalue weighted by atomic mass is 19.1. The van der Waals surface area contributed by atoms with Crippen LogP contribution >= 0.6 is 0 Å². The second kappa shape index (κ2) is 12.2. The van der Waals surface area contributed by atoms with Crippen LogP contribution in [0.4, 0.5) is 14.6 Å². The molecule has 0 spiro atoms. The van der Waals surface area contributed by atoms with Crippen molar-refractivity contribution in [1.29, 1.82) is 0 Å². The topological polar surface area (TPSA) is 147 Å². The Hall–Kier alpha value is -3.90. The van der Waals surface area contributed by atoms with Gasteiger partial charge in [0.05, 0.1) is 18.4 Å². The molecule has 6 N–H and O–H groups in total. The van der Waals surface area contributed by atoms with Crippen molar-refractivity contribution in [2.75, 3.05) is 25.0 Å². The molecule has 2 heterocycles. The highest BCUT2D eigenvalue weighted by Crippen LogP contribution is 2.25. The molecule has 1 aromatic carbocycles. The van der Waals surface area contributed by atoms with Gasteiger partial charge in [-0.15, -0.1) is 0 Å². The molecular weight excluding hydrogens is 472 g/mol. The van der Waals surface area contributed by atoms with E-state index >= 15 is 0 Å². The van der Waals surface area contributed by atoms with Crippen LogP contribution in [0.25, 0.3) is 11.3 Å². The SMILES string of the molecule is C[C@H](CNC(=O)c1cc(F)c(-c2cnn(C)c2)nc1NCCc1cccc(F)c1)NC(=O)[C@@H](N)CO. The molecule has 0 aliphatic carbocycles. The average molecular weight is 502 g/mol. The molecule has 0 saturated carbocycles. The standard InChI is InChI=1S/C24H29F2N7O3/c1-14(31-24(36)20(27)13-34)10-29-23(35)18-9-19(26)21(16-11-30-33(2)12-16)32-22(18)28-7-6-15-4-3-5-17(25)8-15/h3-5,8-9,11-12,14,20,34H,6-7,10,13,27H2,1-2H3,(H,28,32)(H,29,35)(H,31,36)/t14-,20+/m1/s1. The molecule has 2 atom stereocenters. The molecule has 0 saturated heterocycles. The number of aliphatic hydroxyl groups is 1. The first-order valence-corrected chi connectivity index (χ1v) is 11.3. The summed E-state index contributed by atoms with van der Waals surface area (Å²) in [5, 5.41) is 21.3. The summed E-state index contributed by atoms with van der Waals surface area (Å²) < 4.78 is 30.0. The minimum absolute atomic E-state index is 0.0199. The first-order valence-electron chi connectivity index (χ1n) is 11.3. The zero-order chi connectivity index (χ0) is 26.2. The fourth-order valence-corrected chi connectivity index (χ4v) is 3.39. The molecule has 0 fully saturated rings. The Morgan fingerprint density at radius 2 is 2.03 bits per heavy atom. The Morgan fingerprint density at radius 1 is 1.25 bits per heavy atom. The van der Waals surface area contributed by atoms with Crippen LogP contribution < -0.4 is 21.7 Å². The number of anilines is 1. The molecule has 192 valence electrons. The quantitative estimate of drug-likeness (QED) is 0.263. The van der Waals surface area contributed by atoms with E-state index < -0.39 is 36.3 Å². The lowest BCUT2D eigenvalue weighted by Gasteiger charge is -2.18. The predicted molar refractivity (Wildman–Crippen MR) is 130 cm³/mol. The van der Waals surface area contributed by atoms with E-state index in [-0.39, 0.29) is 29.4 Å². The molecule has 0 bridgehead atoms. The molecule has 0 aliphatic heterocycles. The number of benzene rings is 1. The number of carbonyl (C=O) groups is 2. The monoisotopic (exact) mass is 501 g/mol. The van der Waals surface area contributed by atoms with E-state index in [1.165, 1.54) is 23.0 Å². The van der Waals surface area contributed by atoms with E-state index in [1.54, 1.807) is 32.3 Å². The minimum Gasteiger partial charge on any atom is -0.394 e. The van der Waals surface area contributed by atoms with Crippen LogP contribution in [0.1, 0.15) is 22.8 Å². The number of rotatable bonds is 11. The van der Waals surface area contributed by atoms with E-state index in [2.05, 4.69) is 26.0 Å². The van der Waals surface area contributed by atoms with Crippen molar-refractivity contribution in [1.82, 2.24) is 25.4 Å². The molecule has 36 heavy (non-hydrogen) atoms. The van der Waals surface area contributed by atoms with Gasteiger partial charge in [-0.25, -0.2) is 13.8 Å².